The molecule has 4 heteroatoms. The van der Waals surface area contributed by atoms with E-state index in [-0.39, 0.29) is 6.10 Å². The maximum atomic E-state index is 9.24. The molecule has 0 fully saturated rings. The van der Waals surface area contributed by atoms with E-state index in [2.05, 4.69) is 0 Å². The van der Waals surface area contributed by atoms with Gasteiger partial charge in [0.25, 0.3) is 0 Å². The predicted octanol–water partition coefficient (Wildman–Crippen LogP) is 0.770. The number of hydrogen-bond donors (Lipinski definition) is 2. The average molecular weight is 208 g/mol. The van der Waals surface area contributed by atoms with E-state index >= 15 is 0 Å². The van der Waals surface area contributed by atoms with Gasteiger partial charge >= 0.3 is 7.12 Å². The topological polar surface area (TPSA) is 49.7 Å². The molecule has 1 aromatic carbocycles. The Kier molecular flexibility index (Phi) is 3.77. The smallest absolute Gasteiger partial charge is 0.491 e. The summed E-state index contributed by atoms with van der Waals surface area (Å²) in [5.74, 6) is 0.575. The van der Waals surface area contributed by atoms with Gasteiger partial charge in [-0.1, -0.05) is 17.7 Å². The summed E-state index contributed by atoms with van der Waals surface area (Å²) in [6.07, 6.45) is 0.0175. The molecule has 0 aliphatic rings. The quantitative estimate of drug-likeness (QED) is 0.721. The lowest BCUT2D eigenvalue weighted by atomic mass is 9.77. The first-order chi connectivity index (χ1) is 6.91. The van der Waals surface area contributed by atoms with Crippen molar-refractivity contribution in [3.63, 3.8) is 0 Å². The van der Waals surface area contributed by atoms with Gasteiger partial charge in [-0.3, -0.25) is 0 Å². The predicted molar refractivity (Wildman–Crippen MR) is 61.5 cm³/mol. The van der Waals surface area contributed by atoms with Gasteiger partial charge < -0.3 is 14.8 Å². The summed E-state index contributed by atoms with van der Waals surface area (Å²) in [6, 6.07) is 3.69. The minimum Gasteiger partial charge on any atom is -0.491 e. The van der Waals surface area contributed by atoms with Crippen LogP contribution in [0, 0.1) is 13.8 Å². The summed E-state index contributed by atoms with van der Waals surface area (Å²) in [7, 11) is -1.49. The molecule has 0 bridgehead atoms. The van der Waals surface area contributed by atoms with E-state index in [1.54, 1.807) is 6.07 Å². The van der Waals surface area contributed by atoms with Crippen LogP contribution < -0.4 is 10.2 Å². The molecule has 0 amide bonds. The number of benzene rings is 1. The molecule has 0 aliphatic heterocycles. The van der Waals surface area contributed by atoms with Crippen molar-refractivity contribution < 1.29 is 14.8 Å². The van der Waals surface area contributed by atoms with Gasteiger partial charge in [0.1, 0.15) is 5.75 Å². The molecule has 0 aromatic heterocycles. The summed E-state index contributed by atoms with van der Waals surface area (Å²) in [4.78, 5) is 0. The third-order valence-electron chi connectivity index (χ3n) is 2.08. The van der Waals surface area contributed by atoms with E-state index in [0.717, 1.165) is 11.1 Å². The Labute approximate surface area is 90.9 Å². The van der Waals surface area contributed by atoms with Crippen LogP contribution in [0.1, 0.15) is 25.0 Å². The summed E-state index contributed by atoms with van der Waals surface area (Å²) in [5.41, 5.74) is 2.35. The molecule has 0 atom stereocenters. The van der Waals surface area contributed by atoms with Crippen LogP contribution in [0.5, 0.6) is 5.75 Å². The first-order valence-corrected chi connectivity index (χ1v) is 5.05. The summed E-state index contributed by atoms with van der Waals surface area (Å²) in [5, 5.41) is 18.5. The van der Waals surface area contributed by atoms with Gasteiger partial charge in [0, 0.05) is 5.46 Å². The second-order valence-electron chi connectivity index (χ2n) is 4.04. The van der Waals surface area contributed by atoms with Gasteiger partial charge in [-0.15, -0.1) is 0 Å². The van der Waals surface area contributed by atoms with Crippen molar-refractivity contribution in [1.82, 2.24) is 0 Å². The zero-order valence-corrected chi connectivity index (χ0v) is 9.61. The Morgan fingerprint density at radius 2 is 1.80 bits per heavy atom. The lowest BCUT2D eigenvalue weighted by Gasteiger charge is -2.17. The van der Waals surface area contributed by atoms with E-state index in [1.165, 1.54) is 0 Å². The fourth-order valence-electron chi connectivity index (χ4n) is 1.58. The van der Waals surface area contributed by atoms with Crippen molar-refractivity contribution in [1.29, 1.82) is 0 Å². The van der Waals surface area contributed by atoms with Crippen molar-refractivity contribution in [2.75, 3.05) is 0 Å². The number of ether oxygens (including phenoxy) is 1. The molecular formula is C11H17BO3. The third-order valence-corrected chi connectivity index (χ3v) is 2.08. The Morgan fingerprint density at radius 3 is 2.27 bits per heavy atom. The van der Waals surface area contributed by atoms with Crippen LogP contribution >= 0.6 is 0 Å². The zero-order chi connectivity index (χ0) is 11.6. The summed E-state index contributed by atoms with van der Waals surface area (Å²) in [6.45, 7) is 7.63. The molecule has 0 saturated carbocycles. The maximum Gasteiger partial charge on any atom is 0.492 e. The third kappa shape index (κ3) is 2.98. The highest BCUT2D eigenvalue weighted by Crippen LogP contribution is 2.18. The molecule has 0 spiro atoms. The van der Waals surface area contributed by atoms with Crippen molar-refractivity contribution >= 4 is 12.6 Å². The van der Waals surface area contributed by atoms with Gasteiger partial charge in [-0.05, 0) is 33.3 Å². The minimum atomic E-state index is -1.49. The molecule has 0 saturated heterocycles. The molecule has 0 unspecified atom stereocenters. The zero-order valence-electron chi connectivity index (χ0n) is 9.61. The van der Waals surface area contributed by atoms with Gasteiger partial charge in [0.05, 0.1) is 6.10 Å². The maximum absolute atomic E-state index is 9.24. The monoisotopic (exact) mass is 208 g/mol. The van der Waals surface area contributed by atoms with Gasteiger partial charge in [0.15, 0.2) is 0 Å². The molecule has 0 radical (unpaired) electrons. The number of hydrogen-bond acceptors (Lipinski definition) is 3. The number of rotatable bonds is 3. The van der Waals surface area contributed by atoms with Crippen LogP contribution in [-0.4, -0.2) is 23.3 Å². The lowest BCUT2D eigenvalue weighted by molar-refractivity contribution is 0.242. The first-order valence-electron chi connectivity index (χ1n) is 5.05. The molecular weight excluding hydrogens is 191 g/mol. The average Bonchev–Trinajstić information content (AvgIpc) is 2.08. The van der Waals surface area contributed by atoms with Crippen molar-refractivity contribution in [2.45, 2.75) is 33.8 Å². The van der Waals surface area contributed by atoms with Crippen LogP contribution in [-0.2, 0) is 0 Å². The Balaban J connectivity index is 3.21. The highest BCUT2D eigenvalue weighted by atomic mass is 16.5. The first kappa shape index (κ1) is 12.1. The van der Waals surface area contributed by atoms with E-state index in [0.29, 0.717) is 11.2 Å². The van der Waals surface area contributed by atoms with E-state index in [4.69, 9.17) is 4.74 Å². The van der Waals surface area contributed by atoms with Crippen molar-refractivity contribution in [3.05, 3.63) is 23.3 Å². The van der Waals surface area contributed by atoms with E-state index < -0.39 is 7.12 Å². The molecule has 1 rings (SSSR count). The summed E-state index contributed by atoms with van der Waals surface area (Å²) >= 11 is 0. The minimum absolute atomic E-state index is 0.0175. The normalized spacial score (nSPS) is 10.6. The standard InChI is InChI=1S/C11H17BO3/c1-7(2)15-11-9(4)5-8(3)6-10(11)12(13)14/h5-7,13-14H,1-4H3. The second kappa shape index (κ2) is 4.68. The fraction of sp³-hybridized carbons (Fsp3) is 0.455. The Hall–Kier alpha value is -0.995. The van der Waals surface area contributed by atoms with Crippen molar-refractivity contribution in [2.24, 2.45) is 0 Å². The van der Waals surface area contributed by atoms with Crippen molar-refractivity contribution in [3.8, 4) is 5.75 Å². The molecule has 15 heavy (non-hydrogen) atoms. The molecule has 1 aromatic rings. The van der Waals surface area contributed by atoms with Crippen LogP contribution in [0.15, 0.2) is 12.1 Å². The molecule has 0 heterocycles. The van der Waals surface area contributed by atoms with Gasteiger partial charge in [-0.2, -0.15) is 0 Å². The second-order valence-corrected chi connectivity index (χ2v) is 4.04. The van der Waals surface area contributed by atoms with Gasteiger partial charge in [0.2, 0.25) is 0 Å². The van der Waals surface area contributed by atoms with Crippen LogP contribution in [0.2, 0.25) is 0 Å². The van der Waals surface area contributed by atoms with E-state index in [1.807, 2.05) is 33.8 Å². The largest absolute Gasteiger partial charge is 0.492 e. The lowest BCUT2D eigenvalue weighted by Crippen LogP contribution is -2.33. The Morgan fingerprint density at radius 1 is 1.20 bits per heavy atom. The molecule has 2 N–H and O–H groups in total. The highest BCUT2D eigenvalue weighted by Gasteiger charge is 2.20. The SMILES string of the molecule is Cc1cc(C)c(OC(C)C)c(B(O)O)c1. The summed E-state index contributed by atoms with van der Waals surface area (Å²) < 4.78 is 5.57. The molecule has 3 nitrogen and oxygen atoms in total. The molecule has 82 valence electrons. The van der Waals surface area contributed by atoms with Crippen LogP contribution in [0.4, 0.5) is 0 Å². The highest BCUT2D eigenvalue weighted by molar-refractivity contribution is 6.59. The molecule has 0 aliphatic carbocycles. The van der Waals surface area contributed by atoms with E-state index in [9.17, 15) is 10.0 Å². The van der Waals surface area contributed by atoms with Gasteiger partial charge in [-0.25, -0.2) is 0 Å². The van der Waals surface area contributed by atoms with Crippen LogP contribution in [0.25, 0.3) is 0 Å². The fourth-order valence-corrected chi connectivity index (χ4v) is 1.58. The van der Waals surface area contributed by atoms with Crippen LogP contribution in [0.3, 0.4) is 0 Å². The number of aryl methyl sites for hydroxylation is 2. The Bertz CT molecular complexity index is 348.